The van der Waals surface area contributed by atoms with Crippen LogP contribution in [-0.2, 0) is 20.8 Å². The van der Waals surface area contributed by atoms with Crippen molar-refractivity contribution in [3.63, 3.8) is 0 Å². The van der Waals surface area contributed by atoms with Gasteiger partial charge < -0.3 is 26.6 Å². The third-order valence-corrected chi connectivity index (χ3v) is 6.06. The molecule has 9 nitrogen and oxygen atoms in total. The van der Waals surface area contributed by atoms with E-state index in [9.17, 15) is 19.2 Å². The molecule has 0 spiro atoms. The quantitative estimate of drug-likeness (QED) is 0.372. The summed E-state index contributed by atoms with van der Waals surface area (Å²) < 4.78 is 0. The fourth-order valence-electron chi connectivity index (χ4n) is 3.25. The van der Waals surface area contributed by atoms with Crippen molar-refractivity contribution in [2.24, 2.45) is 5.73 Å². The Morgan fingerprint density at radius 3 is 2.80 bits per heavy atom. The summed E-state index contributed by atoms with van der Waals surface area (Å²) in [6.45, 7) is 4.14. The first-order chi connectivity index (χ1) is 14.4. The van der Waals surface area contributed by atoms with Gasteiger partial charge in [0.25, 0.3) is 0 Å². The standard InChI is InChI=1S/C19H27N5O4S2/c1-3-7-21-19(28)23-13-6-8-24(15(25)11-29-2)16(13)18(27)22-14(17(20)26)10-12-5-4-9-30-12/h3-5,9,13-14,16H,1,6-8,10-11H2,2H3,(H2,20,26)(H,22,27)(H2,21,23,28)/t13-,14-,16-/m0/s1. The SMILES string of the molecule is C=CCNC(=O)N[C@H]1CCN(C(=O)CSC)[C@@H]1C(=O)N[C@@H](Cc1cccs1)C(N)=O. The second-order valence-electron chi connectivity index (χ2n) is 6.75. The lowest BCUT2D eigenvalue weighted by atomic mass is 10.1. The van der Waals surface area contributed by atoms with Gasteiger partial charge in [0.15, 0.2) is 0 Å². The Labute approximate surface area is 183 Å². The van der Waals surface area contributed by atoms with Crippen molar-refractivity contribution in [2.45, 2.75) is 31.0 Å². The number of nitrogens with two attached hydrogens (primary N) is 1. The second kappa shape index (κ2) is 11.6. The molecule has 11 heteroatoms. The monoisotopic (exact) mass is 453 g/mol. The topological polar surface area (TPSA) is 134 Å². The molecule has 1 fully saturated rings. The van der Waals surface area contributed by atoms with E-state index in [4.69, 9.17) is 5.73 Å². The number of urea groups is 1. The van der Waals surface area contributed by atoms with Crippen molar-refractivity contribution >= 4 is 46.9 Å². The molecular formula is C19H27N5O4S2. The van der Waals surface area contributed by atoms with Gasteiger partial charge in [-0.1, -0.05) is 12.1 Å². The lowest BCUT2D eigenvalue weighted by Crippen LogP contribution is -2.59. The van der Waals surface area contributed by atoms with Crippen molar-refractivity contribution in [1.29, 1.82) is 0 Å². The van der Waals surface area contributed by atoms with Crippen LogP contribution in [-0.4, -0.2) is 71.9 Å². The lowest BCUT2D eigenvalue weighted by Gasteiger charge is -2.29. The molecule has 3 atom stereocenters. The summed E-state index contributed by atoms with van der Waals surface area (Å²) in [5.41, 5.74) is 5.49. The third kappa shape index (κ3) is 6.49. The Balaban J connectivity index is 2.15. The largest absolute Gasteiger partial charge is 0.368 e. The number of amides is 5. The predicted molar refractivity (Wildman–Crippen MR) is 118 cm³/mol. The van der Waals surface area contributed by atoms with E-state index in [1.807, 2.05) is 17.5 Å². The van der Waals surface area contributed by atoms with E-state index in [0.717, 1.165) is 4.88 Å². The van der Waals surface area contributed by atoms with Crippen LogP contribution in [0.25, 0.3) is 0 Å². The van der Waals surface area contributed by atoms with Gasteiger partial charge in [-0.3, -0.25) is 14.4 Å². The molecule has 0 aromatic carbocycles. The molecule has 1 saturated heterocycles. The van der Waals surface area contributed by atoms with Crippen LogP contribution in [0.3, 0.4) is 0 Å². The van der Waals surface area contributed by atoms with Gasteiger partial charge in [0.1, 0.15) is 12.1 Å². The van der Waals surface area contributed by atoms with E-state index in [1.54, 1.807) is 6.26 Å². The molecule has 0 saturated carbocycles. The van der Waals surface area contributed by atoms with Gasteiger partial charge >= 0.3 is 6.03 Å². The summed E-state index contributed by atoms with van der Waals surface area (Å²) in [4.78, 5) is 52.0. The number of carbonyl (C=O) groups is 4. The maximum absolute atomic E-state index is 13.1. The molecule has 164 valence electrons. The van der Waals surface area contributed by atoms with Crippen LogP contribution >= 0.6 is 23.1 Å². The van der Waals surface area contributed by atoms with Crippen molar-refractivity contribution in [1.82, 2.24) is 20.9 Å². The Morgan fingerprint density at radius 2 is 2.20 bits per heavy atom. The number of likely N-dealkylation sites (tertiary alicyclic amines) is 1. The van der Waals surface area contributed by atoms with Crippen LogP contribution in [0.1, 0.15) is 11.3 Å². The number of nitrogens with one attached hydrogen (secondary N) is 3. The summed E-state index contributed by atoms with van der Waals surface area (Å²) >= 11 is 2.81. The lowest BCUT2D eigenvalue weighted by molar-refractivity contribution is -0.138. The van der Waals surface area contributed by atoms with Gasteiger partial charge in [-0.05, 0) is 24.1 Å². The molecule has 0 bridgehead atoms. The van der Waals surface area contributed by atoms with Crippen LogP contribution in [0.5, 0.6) is 0 Å². The van der Waals surface area contributed by atoms with E-state index < -0.39 is 36.0 Å². The molecule has 2 rings (SSSR count). The summed E-state index contributed by atoms with van der Waals surface area (Å²) in [6.07, 6.45) is 4.02. The third-order valence-electron chi connectivity index (χ3n) is 4.62. The zero-order valence-corrected chi connectivity index (χ0v) is 18.4. The number of carbonyl (C=O) groups excluding carboxylic acids is 4. The Kier molecular flexibility index (Phi) is 9.18. The molecule has 1 aliphatic heterocycles. The highest BCUT2D eigenvalue weighted by Crippen LogP contribution is 2.20. The zero-order valence-electron chi connectivity index (χ0n) is 16.8. The van der Waals surface area contributed by atoms with Crippen LogP contribution < -0.4 is 21.7 Å². The first-order valence-corrected chi connectivity index (χ1v) is 11.7. The van der Waals surface area contributed by atoms with Crippen molar-refractivity contribution in [2.75, 3.05) is 25.1 Å². The summed E-state index contributed by atoms with van der Waals surface area (Å²) in [6, 6.07) is 0.818. The molecule has 30 heavy (non-hydrogen) atoms. The van der Waals surface area contributed by atoms with E-state index >= 15 is 0 Å². The van der Waals surface area contributed by atoms with Gasteiger partial charge in [0, 0.05) is 24.4 Å². The molecule has 0 aliphatic carbocycles. The summed E-state index contributed by atoms with van der Waals surface area (Å²) in [5.74, 6) is -1.17. The number of thioether (sulfide) groups is 1. The first-order valence-electron chi connectivity index (χ1n) is 9.43. The summed E-state index contributed by atoms with van der Waals surface area (Å²) in [7, 11) is 0. The minimum absolute atomic E-state index is 0.202. The number of primary amides is 1. The Hall–Kier alpha value is -2.53. The smallest absolute Gasteiger partial charge is 0.315 e. The van der Waals surface area contributed by atoms with E-state index in [-0.39, 0.29) is 24.6 Å². The first kappa shape index (κ1) is 23.7. The van der Waals surface area contributed by atoms with Gasteiger partial charge in [0.2, 0.25) is 17.7 Å². The molecule has 5 N–H and O–H groups in total. The maximum atomic E-state index is 13.1. The molecule has 1 aromatic heterocycles. The number of nitrogens with zero attached hydrogens (tertiary/aromatic N) is 1. The fourth-order valence-corrected chi connectivity index (χ4v) is 4.41. The summed E-state index contributed by atoms with van der Waals surface area (Å²) in [5, 5.41) is 9.89. The normalized spacial score (nSPS) is 19.0. The second-order valence-corrected chi connectivity index (χ2v) is 8.65. The van der Waals surface area contributed by atoms with Crippen molar-refractivity contribution < 1.29 is 19.2 Å². The number of rotatable bonds is 10. The fraction of sp³-hybridized carbons (Fsp3) is 0.474. The minimum Gasteiger partial charge on any atom is -0.368 e. The Bertz CT molecular complexity index is 771. The molecule has 0 radical (unpaired) electrons. The number of hydrogen-bond donors (Lipinski definition) is 4. The molecular weight excluding hydrogens is 426 g/mol. The molecule has 0 unspecified atom stereocenters. The van der Waals surface area contributed by atoms with Gasteiger partial charge in [-0.15, -0.1) is 17.9 Å². The maximum Gasteiger partial charge on any atom is 0.315 e. The van der Waals surface area contributed by atoms with Gasteiger partial charge in [0.05, 0.1) is 11.8 Å². The average Bonchev–Trinajstić information content (AvgIpc) is 3.35. The van der Waals surface area contributed by atoms with Gasteiger partial charge in [-0.2, -0.15) is 11.8 Å². The van der Waals surface area contributed by atoms with Crippen molar-refractivity contribution in [3.8, 4) is 0 Å². The molecule has 5 amide bonds. The predicted octanol–water partition coefficient (Wildman–Crippen LogP) is 0.0784. The molecule has 1 aromatic rings. The highest BCUT2D eigenvalue weighted by molar-refractivity contribution is 7.99. The van der Waals surface area contributed by atoms with Crippen LogP contribution in [0.4, 0.5) is 4.79 Å². The number of thiophene rings is 1. The molecule has 2 heterocycles. The van der Waals surface area contributed by atoms with Crippen molar-refractivity contribution in [3.05, 3.63) is 35.0 Å². The zero-order chi connectivity index (χ0) is 22.1. The van der Waals surface area contributed by atoms with Crippen LogP contribution in [0.2, 0.25) is 0 Å². The molecule has 1 aliphatic rings. The van der Waals surface area contributed by atoms with E-state index in [1.165, 1.54) is 34.1 Å². The average molecular weight is 454 g/mol. The van der Waals surface area contributed by atoms with E-state index in [0.29, 0.717) is 13.0 Å². The highest BCUT2D eigenvalue weighted by Gasteiger charge is 2.43. The minimum atomic E-state index is -0.927. The van der Waals surface area contributed by atoms with Crippen LogP contribution in [0, 0.1) is 0 Å². The van der Waals surface area contributed by atoms with Crippen LogP contribution in [0.15, 0.2) is 30.2 Å². The Morgan fingerprint density at radius 1 is 1.43 bits per heavy atom. The van der Waals surface area contributed by atoms with Gasteiger partial charge in [-0.25, -0.2) is 4.79 Å². The number of hydrogen-bond acceptors (Lipinski definition) is 6. The highest BCUT2D eigenvalue weighted by atomic mass is 32.2. The van der Waals surface area contributed by atoms with E-state index in [2.05, 4.69) is 22.5 Å².